The predicted octanol–water partition coefficient (Wildman–Crippen LogP) is 4.62. The zero-order valence-electron chi connectivity index (χ0n) is 20.1. The lowest BCUT2D eigenvalue weighted by Crippen LogP contribution is -2.45. The fourth-order valence-corrected chi connectivity index (χ4v) is 5.36. The predicted molar refractivity (Wildman–Crippen MR) is 126 cm³/mol. The molecule has 0 aliphatic heterocycles. The van der Waals surface area contributed by atoms with Crippen LogP contribution in [0.3, 0.4) is 0 Å². The number of para-hydroxylation sites is 1. The molecule has 0 atom stereocenters. The molecule has 3 aromatic heterocycles. The molecular formula is C25H27N4Si+. The van der Waals surface area contributed by atoms with Gasteiger partial charge in [-0.05, 0) is 30.7 Å². The van der Waals surface area contributed by atoms with E-state index in [1.807, 2.05) is 36.4 Å². The first-order valence-corrected chi connectivity index (χ1v) is 13.7. The van der Waals surface area contributed by atoms with Crippen molar-refractivity contribution in [1.29, 1.82) is 0 Å². The van der Waals surface area contributed by atoms with Crippen LogP contribution in [-0.2, 0) is 7.05 Å². The summed E-state index contributed by atoms with van der Waals surface area (Å²) >= 11 is 0. The number of benzene rings is 2. The number of aromatic nitrogens is 4. The van der Waals surface area contributed by atoms with Crippen LogP contribution in [0.15, 0.2) is 73.3 Å². The van der Waals surface area contributed by atoms with Crippen LogP contribution < -0.4 is 9.75 Å². The van der Waals surface area contributed by atoms with E-state index in [-0.39, 0.29) is 12.5 Å². The SMILES string of the molecule is [2H]c1nc([2H])n2c3ccc(C)c(-c4ccc([Si](C)(C)C)c[n+]4C)c3n(-c3ccccc3)c12. The quantitative estimate of drug-likeness (QED) is 0.313. The molecule has 5 heteroatoms. The fourth-order valence-electron chi connectivity index (χ4n) is 4.20. The summed E-state index contributed by atoms with van der Waals surface area (Å²) in [6, 6.07) is 18.7. The van der Waals surface area contributed by atoms with Crippen LogP contribution in [0.5, 0.6) is 0 Å². The fraction of sp³-hybridized carbons (Fsp3) is 0.200. The lowest BCUT2D eigenvalue weighted by atomic mass is 10.0. The smallest absolute Gasteiger partial charge is 0.214 e. The Hall–Kier alpha value is -3.18. The van der Waals surface area contributed by atoms with Gasteiger partial charge in [-0.3, -0.25) is 8.97 Å². The Morgan fingerprint density at radius 3 is 2.47 bits per heavy atom. The number of imidazole rings is 2. The zero-order valence-corrected chi connectivity index (χ0v) is 19.1. The van der Waals surface area contributed by atoms with Gasteiger partial charge in [0.05, 0.1) is 32.2 Å². The van der Waals surface area contributed by atoms with Crippen LogP contribution in [0, 0.1) is 6.92 Å². The molecule has 0 saturated heterocycles. The normalized spacial score (nSPS) is 13.1. The van der Waals surface area contributed by atoms with Crippen LogP contribution in [0.2, 0.25) is 19.6 Å². The molecule has 0 spiro atoms. The van der Waals surface area contributed by atoms with Crippen LogP contribution in [0.1, 0.15) is 8.30 Å². The second kappa shape index (κ2) is 6.67. The summed E-state index contributed by atoms with van der Waals surface area (Å²) in [7, 11) is 0.667. The van der Waals surface area contributed by atoms with E-state index >= 15 is 0 Å². The lowest BCUT2D eigenvalue weighted by molar-refractivity contribution is -0.659. The summed E-state index contributed by atoms with van der Waals surface area (Å²) in [4.78, 5) is 4.14. The van der Waals surface area contributed by atoms with Crippen molar-refractivity contribution in [1.82, 2.24) is 14.0 Å². The van der Waals surface area contributed by atoms with Gasteiger partial charge in [-0.25, -0.2) is 9.55 Å². The van der Waals surface area contributed by atoms with Crippen LogP contribution in [-0.4, -0.2) is 22.0 Å². The van der Waals surface area contributed by atoms with Crippen LogP contribution >= 0.6 is 0 Å². The molecule has 3 heterocycles. The second-order valence-corrected chi connectivity index (χ2v) is 14.0. The molecule has 0 N–H and O–H groups in total. The Morgan fingerprint density at radius 2 is 1.77 bits per heavy atom. The topological polar surface area (TPSA) is 26.1 Å². The summed E-state index contributed by atoms with van der Waals surface area (Å²) in [5.74, 6) is 0. The molecule has 4 nitrogen and oxygen atoms in total. The second-order valence-electron chi connectivity index (χ2n) is 8.94. The van der Waals surface area contributed by atoms with Gasteiger partial charge in [-0.15, -0.1) is 0 Å². The first-order valence-electron chi connectivity index (χ1n) is 11.2. The van der Waals surface area contributed by atoms with Gasteiger partial charge in [0, 0.05) is 16.9 Å². The minimum atomic E-state index is -1.44. The van der Waals surface area contributed by atoms with E-state index < -0.39 is 8.07 Å². The maximum absolute atomic E-state index is 8.50. The average molecular weight is 414 g/mol. The number of aryl methyl sites for hydroxylation is 2. The number of hydrogen-bond acceptors (Lipinski definition) is 1. The first kappa shape index (κ1) is 16.6. The summed E-state index contributed by atoms with van der Waals surface area (Å²) in [6.07, 6.45) is 2.45. The Kier molecular flexibility index (Phi) is 3.69. The van der Waals surface area contributed by atoms with Gasteiger partial charge in [0.15, 0.2) is 6.20 Å². The molecule has 0 fully saturated rings. The number of pyridine rings is 1. The van der Waals surface area contributed by atoms with Crippen molar-refractivity contribution < 1.29 is 7.31 Å². The van der Waals surface area contributed by atoms with Crippen molar-refractivity contribution in [2.75, 3.05) is 0 Å². The largest absolute Gasteiger partial charge is 0.292 e. The molecule has 0 unspecified atom stereocenters. The molecule has 0 saturated carbocycles. The van der Waals surface area contributed by atoms with Gasteiger partial charge >= 0.3 is 0 Å². The van der Waals surface area contributed by atoms with Gasteiger partial charge in [0.2, 0.25) is 5.69 Å². The van der Waals surface area contributed by atoms with E-state index in [2.05, 4.69) is 72.1 Å². The van der Waals surface area contributed by atoms with Crippen molar-refractivity contribution in [3.05, 3.63) is 78.8 Å². The summed E-state index contributed by atoms with van der Waals surface area (Å²) in [5, 5.41) is 1.41. The Bertz CT molecular complexity index is 1490. The van der Waals surface area contributed by atoms with Gasteiger partial charge in [0.1, 0.15) is 20.4 Å². The van der Waals surface area contributed by atoms with Crippen molar-refractivity contribution in [2.45, 2.75) is 26.6 Å². The van der Waals surface area contributed by atoms with Crippen molar-refractivity contribution in [3.63, 3.8) is 0 Å². The highest BCUT2D eigenvalue weighted by molar-refractivity contribution is 6.88. The molecule has 2 aromatic carbocycles. The van der Waals surface area contributed by atoms with Gasteiger partial charge in [-0.2, -0.15) is 0 Å². The Labute approximate surface area is 180 Å². The van der Waals surface area contributed by atoms with E-state index in [1.165, 1.54) is 5.19 Å². The summed E-state index contributed by atoms with van der Waals surface area (Å²) < 4.78 is 23.0. The maximum Gasteiger partial charge on any atom is 0.214 e. The van der Waals surface area contributed by atoms with Gasteiger partial charge in [0.25, 0.3) is 0 Å². The van der Waals surface area contributed by atoms with Crippen molar-refractivity contribution >= 4 is 29.9 Å². The number of fused-ring (bicyclic) bond motifs is 3. The molecule has 30 heavy (non-hydrogen) atoms. The van der Waals surface area contributed by atoms with Crippen LogP contribution in [0.4, 0.5) is 0 Å². The average Bonchev–Trinajstić information content (AvgIpc) is 3.23. The Morgan fingerprint density at radius 1 is 1.00 bits per heavy atom. The third-order valence-corrected chi connectivity index (χ3v) is 7.86. The molecule has 0 aliphatic carbocycles. The highest BCUT2D eigenvalue weighted by atomic mass is 28.3. The molecule has 0 aliphatic rings. The minimum absolute atomic E-state index is 0.0814. The lowest BCUT2D eigenvalue weighted by Gasteiger charge is -2.16. The zero-order chi connectivity index (χ0) is 22.8. The molecule has 5 aromatic rings. The van der Waals surface area contributed by atoms with E-state index in [0.29, 0.717) is 5.65 Å². The summed E-state index contributed by atoms with van der Waals surface area (Å²) in [6.45, 7) is 9.20. The summed E-state index contributed by atoms with van der Waals surface area (Å²) in [5.41, 5.74) is 6.82. The van der Waals surface area contributed by atoms with E-state index in [9.17, 15) is 0 Å². The highest BCUT2D eigenvalue weighted by Gasteiger charge is 2.25. The van der Waals surface area contributed by atoms with Gasteiger partial charge < -0.3 is 0 Å². The van der Waals surface area contributed by atoms with E-state index in [0.717, 1.165) is 33.5 Å². The highest BCUT2D eigenvalue weighted by Crippen LogP contribution is 2.34. The van der Waals surface area contributed by atoms with E-state index in [1.54, 1.807) is 4.40 Å². The Balaban J connectivity index is 1.95. The molecule has 0 amide bonds. The minimum Gasteiger partial charge on any atom is -0.292 e. The molecular weight excluding hydrogens is 384 g/mol. The molecule has 5 rings (SSSR count). The third-order valence-electron chi connectivity index (χ3n) is 5.83. The first-order chi connectivity index (χ1) is 15.2. The van der Waals surface area contributed by atoms with E-state index in [4.69, 9.17) is 2.74 Å². The molecule has 0 bridgehead atoms. The van der Waals surface area contributed by atoms with Gasteiger partial charge in [-0.1, -0.05) is 50.0 Å². The maximum atomic E-state index is 8.50. The molecule has 150 valence electrons. The van der Waals surface area contributed by atoms with Crippen LogP contribution in [0.25, 0.3) is 33.6 Å². The van der Waals surface area contributed by atoms with Crippen molar-refractivity contribution in [3.8, 4) is 16.9 Å². The molecule has 0 radical (unpaired) electrons. The number of rotatable bonds is 3. The number of hydrogen-bond donors (Lipinski definition) is 0. The third kappa shape index (κ3) is 2.81. The van der Waals surface area contributed by atoms with Crippen molar-refractivity contribution in [2.24, 2.45) is 7.05 Å². The number of nitrogens with zero attached hydrogens (tertiary/aromatic N) is 4. The monoisotopic (exact) mass is 413 g/mol. The standard InChI is InChI=1S/C25H27N4Si/c1-18-11-13-22-25(24(18)21-14-12-20(16-27(21)2)30(3,4)5)29(19-9-7-6-8-10-19)23-15-26-17-28(22)23/h6-17H,1-5H3/q+1/i15D,17D.